The van der Waals surface area contributed by atoms with Gasteiger partial charge in [0.05, 0.1) is 10.6 Å². The Hall–Kier alpha value is -1.47. The second kappa shape index (κ2) is 5.96. The molecule has 22 heavy (non-hydrogen) atoms. The Morgan fingerprint density at radius 1 is 1.18 bits per heavy atom. The first kappa shape index (κ1) is 15.4. The molecule has 1 amide bonds. The van der Waals surface area contributed by atoms with Gasteiger partial charge in [-0.3, -0.25) is 9.69 Å². The minimum absolute atomic E-state index is 0.0557. The number of carbonyl (C=O) groups excluding carboxylic acids is 1. The van der Waals surface area contributed by atoms with Gasteiger partial charge in [0.1, 0.15) is 5.70 Å². The van der Waals surface area contributed by atoms with Crippen LogP contribution in [0.15, 0.2) is 5.70 Å². The number of carbonyl (C=O) groups is 1. The molecule has 0 bridgehead atoms. The average Bonchev–Trinajstić information content (AvgIpc) is 2.98. The summed E-state index contributed by atoms with van der Waals surface area (Å²) in [4.78, 5) is 23.6. The summed E-state index contributed by atoms with van der Waals surface area (Å²) in [5, 5.41) is 1.60. The smallest absolute Gasteiger partial charge is 0.276 e. The molecule has 0 spiro atoms. The number of hydrogen-bond acceptors (Lipinski definition) is 5. The lowest BCUT2D eigenvalue weighted by Gasteiger charge is -2.25. The van der Waals surface area contributed by atoms with Crippen molar-refractivity contribution in [1.82, 2.24) is 14.8 Å². The van der Waals surface area contributed by atoms with Crippen molar-refractivity contribution in [3.8, 4) is 0 Å². The van der Waals surface area contributed by atoms with Gasteiger partial charge in [-0.15, -0.1) is 0 Å². The molecule has 3 rings (SSSR count). The number of piperidine rings is 1. The van der Waals surface area contributed by atoms with Gasteiger partial charge in [-0.1, -0.05) is 11.3 Å². The van der Waals surface area contributed by atoms with E-state index >= 15 is 0 Å². The highest BCUT2D eigenvalue weighted by Crippen LogP contribution is 2.31. The summed E-state index contributed by atoms with van der Waals surface area (Å²) < 4.78 is 0. The Morgan fingerprint density at radius 3 is 2.45 bits per heavy atom. The number of likely N-dealkylation sites (N-methyl/N-ethyl adjacent to an activating group) is 2. The first-order valence-electron chi connectivity index (χ1n) is 7.49. The zero-order valence-electron chi connectivity index (χ0n) is 13.1. The fourth-order valence-corrected chi connectivity index (χ4v) is 4.00. The molecule has 7 heteroatoms. The predicted octanol–water partition coefficient (Wildman–Crippen LogP) is 2.47. The van der Waals surface area contributed by atoms with Crippen molar-refractivity contribution < 1.29 is 4.79 Å². The van der Waals surface area contributed by atoms with Gasteiger partial charge in [0.2, 0.25) is 0 Å². The second-order valence-electron chi connectivity index (χ2n) is 5.73. The Morgan fingerprint density at radius 2 is 1.86 bits per heavy atom. The van der Waals surface area contributed by atoms with E-state index in [9.17, 15) is 4.79 Å². The highest BCUT2D eigenvalue weighted by Gasteiger charge is 2.33. The van der Waals surface area contributed by atoms with Crippen LogP contribution >= 0.6 is 23.6 Å². The second-order valence-corrected chi connectivity index (χ2v) is 7.10. The highest BCUT2D eigenvalue weighted by atomic mass is 32.1. The molecular formula is C15H20N4OS2. The van der Waals surface area contributed by atoms with Gasteiger partial charge >= 0.3 is 0 Å². The van der Waals surface area contributed by atoms with E-state index in [1.54, 1.807) is 23.3 Å². The van der Waals surface area contributed by atoms with E-state index in [1.165, 1.54) is 24.2 Å². The summed E-state index contributed by atoms with van der Waals surface area (Å²) in [7, 11) is 3.54. The molecule has 1 aromatic heterocycles. The number of amides is 1. The monoisotopic (exact) mass is 336 g/mol. The molecule has 2 aliphatic rings. The fraction of sp³-hybridized carbons (Fsp3) is 0.533. The van der Waals surface area contributed by atoms with Crippen molar-refractivity contribution in [2.24, 2.45) is 0 Å². The molecule has 0 atom stereocenters. The third-order valence-corrected chi connectivity index (χ3v) is 5.89. The topological polar surface area (TPSA) is 39.7 Å². The van der Waals surface area contributed by atoms with Crippen LogP contribution in [-0.2, 0) is 4.79 Å². The summed E-state index contributed by atoms with van der Waals surface area (Å²) in [6.45, 7) is 4.15. The van der Waals surface area contributed by atoms with Gasteiger partial charge in [0, 0.05) is 27.2 Å². The van der Waals surface area contributed by atoms with Crippen LogP contribution in [0.5, 0.6) is 0 Å². The van der Waals surface area contributed by atoms with E-state index in [0.717, 1.165) is 28.8 Å². The third kappa shape index (κ3) is 2.63. The molecule has 2 aliphatic heterocycles. The predicted molar refractivity (Wildman–Crippen MR) is 94.0 cm³/mol. The maximum Gasteiger partial charge on any atom is 0.276 e. The van der Waals surface area contributed by atoms with E-state index in [-0.39, 0.29) is 5.91 Å². The highest BCUT2D eigenvalue weighted by molar-refractivity contribution is 7.80. The number of nitrogens with zero attached hydrogens (tertiary/aromatic N) is 4. The molecule has 0 unspecified atom stereocenters. The normalized spacial score (nSPS) is 21.4. The summed E-state index contributed by atoms with van der Waals surface area (Å²) >= 11 is 6.90. The molecule has 5 nitrogen and oxygen atoms in total. The van der Waals surface area contributed by atoms with Crippen molar-refractivity contribution in [1.29, 1.82) is 0 Å². The zero-order valence-corrected chi connectivity index (χ0v) is 14.8. The third-order valence-electron chi connectivity index (χ3n) is 4.17. The van der Waals surface area contributed by atoms with Gasteiger partial charge < -0.3 is 9.80 Å². The van der Waals surface area contributed by atoms with Crippen molar-refractivity contribution in [3.63, 3.8) is 0 Å². The first-order chi connectivity index (χ1) is 10.5. The van der Waals surface area contributed by atoms with Crippen LogP contribution in [0.4, 0.5) is 5.13 Å². The number of rotatable bonds is 2. The van der Waals surface area contributed by atoms with E-state index in [0.29, 0.717) is 10.8 Å². The van der Waals surface area contributed by atoms with E-state index in [4.69, 9.17) is 12.2 Å². The Labute approximate surface area is 140 Å². The van der Waals surface area contributed by atoms with Crippen molar-refractivity contribution in [3.05, 3.63) is 16.3 Å². The lowest BCUT2D eigenvalue weighted by molar-refractivity contribution is -0.121. The van der Waals surface area contributed by atoms with Crippen LogP contribution in [0.25, 0.3) is 6.08 Å². The Kier molecular flexibility index (Phi) is 4.18. The van der Waals surface area contributed by atoms with Gasteiger partial charge in [-0.25, -0.2) is 4.98 Å². The van der Waals surface area contributed by atoms with Crippen molar-refractivity contribution >= 4 is 45.8 Å². The molecule has 0 radical (unpaired) electrons. The molecule has 0 aliphatic carbocycles. The largest absolute Gasteiger partial charge is 0.348 e. The van der Waals surface area contributed by atoms with Crippen molar-refractivity contribution in [2.75, 3.05) is 32.1 Å². The van der Waals surface area contributed by atoms with Gasteiger partial charge in [-0.05, 0) is 44.5 Å². The molecule has 0 saturated carbocycles. The Balaban J connectivity index is 1.89. The molecule has 0 aromatic carbocycles. The lowest BCUT2D eigenvalue weighted by atomic mass is 10.1. The summed E-state index contributed by atoms with van der Waals surface area (Å²) in [6.07, 6.45) is 5.68. The number of anilines is 1. The fourth-order valence-electron chi connectivity index (χ4n) is 2.76. The van der Waals surface area contributed by atoms with E-state index in [2.05, 4.69) is 9.88 Å². The maximum atomic E-state index is 12.3. The number of hydrogen-bond donors (Lipinski definition) is 0. The molecule has 2 fully saturated rings. The summed E-state index contributed by atoms with van der Waals surface area (Å²) in [5.41, 5.74) is 1.59. The first-order valence-corrected chi connectivity index (χ1v) is 8.71. The number of aryl methyl sites for hydroxylation is 1. The zero-order chi connectivity index (χ0) is 15.9. The summed E-state index contributed by atoms with van der Waals surface area (Å²) in [6, 6.07) is 0. The quantitative estimate of drug-likeness (QED) is 0.613. The minimum atomic E-state index is -0.0557. The lowest BCUT2D eigenvalue weighted by Crippen LogP contribution is -2.29. The van der Waals surface area contributed by atoms with Crippen LogP contribution in [-0.4, -0.2) is 53.0 Å². The number of aromatic nitrogens is 1. The average molecular weight is 336 g/mol. The summed E-state index contributed by atoms with van der Waals surface area (Å²) in [5.74, 6) is -0.0557. The molecule has 3 heterocycles. The maximum absolute atomic E-state index is 12.3. The SMILES string of the molecule is Cc1nc(N2CCCCC2)sc1/C=C1/C(=O)N(C)C(=S)N1C. The van der Waals surface area contributed by atoms with Gasteiger partial charge in [0.25, 0.3) is 5.91 Å². The van der Waals surface area contributed by atoms with Gasteiger partial charge in [-0.2, -0.15) is 0 Å². The molecular weight excluding hydrogens is 316 g/mol. The number of thiazole rings is 1. The van der Waals surface area contributed by atoms with Crippen LogP contribution in [0.3, 0.4) is 0 Å². The van der Waals surface area contributed by atoms with Gasteiger partial charge in [0.15, 0.2) is 10.2 Å². The number of thiocarbonyl (C=S) groups is 1. The molecule has 2 saturated heterocycles. The van der Waals surface area contributed by atoms with Crippen LogP contribution < -0.4 is 4.90 Å². The standard InChI is InChI=1S/C15H20N4OS2/c1-10-12(9-11-13(20)18(3)15(21)17(11)2)22-14(16-10)19-7-5-4-6-8-19/h9H,4-8H2,1-3H3/b11-9-. The van der Waals surface area contributed by atoms with Crippen molar-refractivity contribution in [2.45, 2.75) is 26.2 Å². The molecule has 0 N–H and O–H groups in total. The molecule has 1 aromatic rings. The van der Waals surface area contributed by atoms with Crippen LogP contribution in [0.1, 0.15) is 29.8 Å². The Bertz CT molecular complexity index is 646. The van der Waals surface area contributed by atoms with E-state index < -0.39 is 0 Å². The van der Waals surface area contributed by atoms with Crippen LogP contribution in [0, 0.1) is 6.92 Å². The van der Waals surface area contributed by atoms with Crippen LogP contribution in [0.2, 0.25) is 0 Å². The van der Waals surface area contributed by atoms with E-state index in [1.807, 2.05) is 20.0 Å². The molecule has 118 valence electrons. The minimum Gasteiger partial charge on any atom is -0.348 e.